The van der Waals surface area contributed by atoms with Gasteiger partial charge in [0.05, 0.1) is 0 Å². The number of hydrogen-bond acceptors (Lipinski definition) is 2. The average Bonchev–Trinajstić information content (AvgIpc) is 3.04. The Bertz CT molecular complexity index is 1020. The van der Waals surface area contributed by atoms with Gasteiger partial charge in [0, 0.05) is 46.6 Å². The smallest absolute Gasteiger partial charge is 0.300 e. The van der Waals surface area contributed by atoms with Crippen molar-refractivity contribution in [2.45, 2.75) is 81.6 Å². The molecular formula is C28H40O4P2Pd. The second-order valence-corrected chi connectivity index (χ2v) is 13.8. The minimum absolute atomic E-state index is 0. The summed E-state index contributed by atoms with van der Waals surface area (Å²) in [5.74, 6) is -1.67. The summed E-state index contributed by atoms with van der Waals surface area (Å²) in [4.78, 5) is 18.0. The SMILES string of the molecule is CC(=O)O.CC(=O)O.Cc1c(C)c(C)p(Cc2ccccc2Cp2c(C)c(C)c(C)c2C)c1C.[Pd]. The molecule has 0 atom stereocenters. The van der Waals surface area contributed by atoms with Crippen molar-refractivity contribution in [3.8, 4) is 0 Å². The molecule has 2 N–H and O–H groups in total. The van der Waals surface area contributed by atoms with E-state index in [1.54, 1.807) is 32.3 Å². The Morgan fingerprint density at radius 1 is 0.600 bits per heavy atom. The van der Waals surface area contributed by atoms with E-state index in [9.17, 15) is 0 Å². The van der Waals surface area contributed by atoms with Crippen LogP contribution in [-0.2, 0) is 42.3 Å². The van der Waals surface area contributed by atoms with E-state index in [1.807, 2.05) is 0 Å². The Hall–Kier alpha value is -1.62. The predicted molar refractivity (Wildman–Crippen MR) is 147 cm³/mol. The minimum atomic E-state index is -0.833. The number of benzene rings is 1. The molecule has 0 aliphatic rings. The van der Waals surface area contributed by atoms with Gasteiger partial charge in [-0.25, -0.2) is 0 Å². The van der Waals surface area contributed by atoms with Crippen molar-refractivity contribution in [2.24, 2.45) is 0 Å². The van der Waals surface area contributed by atoms with E-state index in [0.717, 1.165) is 13.8 Å². The molecule has 0 saturated heterocycles. The molecule has 196 valence electrons. The molecule has 1 aromatic carbocycles. The normalized spacial score (nSPS) is 9.89. The molecule has 2 aromatic heterocycles. The first-order valence-electron chi connectivity index (χ1n) is 11.4. The molecule has 0 spiro atoms. The van der Waals surface area contributed by atoms with Crippen molar-refractivity contribution in [1.29, 1.82) is 0 Å². The monoisotopic (exact) mass is 608 g/mol. The number of carboxylic acid groups (broad SMARTS) is 2. The first-order valence-corrected chi connectivity index (χ1v) is 14.5. The van der Waals surface area contributed by atoms with Crippen molar-refractivity contribution in [2.75, 3.05) is 0 Å². The molecule has 3 aromatic rings. The summed E-state index contributed by atoms with van der Waals surface area (Å²) in [7, 11) is -0.308. The van der Waals surface area contributed by atoms with Gasteiger partial charge in [0.15, 0.2) is 0 Å². The van der Waals surface area contributed by atoms with Crippen LogP contribution in [0, 0.1) is 55.4 Å². The maximum absolute atomic E-state index is 9.00. The first-order chi connectivity index (χ1) is 15.7. The molecule has 35 heavy (non-hydrogen) atoms. The van der Waals surface area contributed by atoms with Crippen LogP contribution in [0.5, 0.6) is 0 Å². The van der Waals surface area contributed by atoms with Gasteiger partial charge < -0.3 is 10.2 Å². The summed E-state index contributed by atoms with van der Waals surface area (Å²) in [5.41, 5.74) is 9.30. The van der Waals surface area contributed by atoms with E-state index in [0.29, 0.717) is 0 Å². The Labute approximate surface area is 227 Å². The summed E-state index contributed by atoms with van der Waals surface area (Å²) in [6.07, 6.45) is 2.43. The van der Waals surface area contributed by atoms with Crippen LogP contribution in [0.25, 0.3) is 0 Å². The minimum Gasteiger partial charge on any atom is -0.481 e. The molecule has 0 fully saturated rings. The summed E-state index contributed by atoms with van der Waals surface area (Å²) in [5, 5.41) is 21.4. The second-order valence-electron chi connectivity index (χ2n) is 8.82. The Morgan fingerprint density at radius 2 is 0.800 bits per heavy atom. The zero-order chi connectivity index (χ0) is 26.3. The quantitative estimate of drug-likeness (QED) is 0.292. The van der Waals surface area contributed by atoms with E-state index < -0.39 is 11.9 Å². The maximum Gasteiger partial charge on any atom is 0.300 e. The van der Waals surface area contributed by atoms with Gasteiger partial charge in [-0.2, -0.15) is 0 Å². The van der Waals surface area contributed by atoms with Gasteiger partial charge in [-0.3, -0.25) is 9.59 Å². The zero-order valence-corrected chi connectivity index (χ0v) is 26.0. The van der Waals surface area contributed by atoms with Crippen molar-refractivity contribution in [3.05, 3.63) is 78.8 Å². The van der Waals surface area contributed by atoms with Crippen LogP contribution < -0.4 is 0 Å². The van der Waals surface area contributed by atoms with Crippen molar-refractivity contribution in [1.82, 2.24) is 0 Å². The number of carboxylic acids is 2. The fourth-order valence-corrected chi connectivity index (χ4v) is 9.62. The van der Waals surface area contributed by atoms with Crippen molar-refractivity contribution >= 4 is 27.0 Å². The molecule has 7 heteroatoms. The molecule has 0 radical (unpaired) electrons. The topological polar surface area (TPSA) is 74.6 Å². The maximum atomic E-state index is 9.00. The fourth-order valence-electron chi connectivity index (χ4n) is 4.08. The van der Waals surface area contributed by atoms with Gasteiger partial charge in [-0.1, -0.05) is 24.3 Å². The third-order valence-corrected chi connectivity index (χ3v) is 12.6. The van der Waals surface area contributed by atoms with Gasteiger partial charge in [0.1, 0.15) is 0 Å². The fraction of sp³-hybridized carbons (Fsp3) is 0.429. The van der Waals surface area contributed by atoms with Crippen LogP contribution in [0.3, 0.4) is 0 Å². The van der Waals surface area contributed by atoms with Crippen LogP contribution in [0.4, 0.5) is 0 Å². The Balaban J connectivity index is 0.00000112. The van der Waals surface area contributed by atoms with Crippen LogP contribution in [-0.4, -0.2) is 22.2 Å². The van der Waals surface area contributed by atoms with Crippen LogP contribution >= 0.6 is 15.1 Å². The molecular weight excluding hydrogens is 569 g/mol. The van der Waals surface area contributed by atoms with Gasteiger partial charge in [-0.15, -0.1) is 15.1 Å². The summed E-state index contributed by atoms with van der Waals surface area (Å²) in [6, 6.07) is 9.21. The molecule has 0 aliphatic heterocycles. The van der Waals surface area contributed by atoms with Gasteiger partial charge in [0.25, 0.3) is 11.9 Å². The van der Waals surface area contributed by atoms with Crippen LogP contribution in [0.15, 0.2) is 24.3 Å². The van der Waals surface area contributed by atoms with Gasteiger partial charge in [0.2, 0.25) is 0 Å². The average molecular weight is 609 g/mol. The van der Waals surface area contributed by atoms with Crippen LogP contribution in [0.2, 0.25) is 0 Å². The molecule has 0 unspecified atom stereocenters. The standard InChI is InChI=1S/C24H32P2.2C2H4O2.Pd/c1-15-16(2)20(6)25(19(15)5)13-23-11-9-10-12-24(23)14-26-21(7)17(3)18(4)22(26)8;2*1-2(3)4;/h9-12H,13-14H2,1-8H3;2*1H3,(H,3,4);. The zero-order valence-electron chi connectivity index (χ0n) is 22.6. The molecule has 0 aliphatic carbocycles. The Morgan fingerprint density at radius 3 is 1.00 bits per heavy atom. The van der Waals surface area contributed by atoms with E-state index in [4.69, 9.17) is 19.8 Å². The third kappa shape index (κ3) is 9.08. The van der Waals surface area contributed by atoms with E-state index in [1.165, 1.54) is 34.6 Å². The molecule has 0 saturated carbocycles. The summed E-state index contributed by atoms with van der Waals surface area (Å²) in [6.45, 7) is 20.8. The molecule has 2 heterocycles. The van der Waals surface area contributed by atoms with E-state index in [-0.39, 0.29) is 35.5 Å². The third-order valence-electron chi connectivity index (χ3n) is 6.69. The van der Waals surface area contributed by atoms with Gasteiger partial charge in [-0.05, 0) is 110 Å². The largest absolute Gasteiger partial charge is 0.481 e. The molecule has 0 amide bonds. The molecule has 3 rings (SSSR count). The number of aliphatic carboxylic acids is 2. The van der Waals surface area contributed by atoms with Crippen molar-refractivity contribution < 1.29 is 40.2 Å². The first kappa shape index (κ1) is 33.4. The Kier molecular flexibility index (Phi) is 14.1. The van der Waals surface area contributed by atoms with Crippen molar-refractivity contribution in [3.63, 3.8) is 0 Å². The second kappa shape index (κ2) is 14.8. The van der Waals surface area contributed by atoms with E-state index >= 15 is 0 Å². The molecule has 4 nitrogen and oxygen atoms in total. The van der Waals surface area contributed by atoms with E-state index in [2.05, 4.69) is 79.7 Å². The van der Waals surface area contributed by atoms with Gasteiger partial charge >= 0.3 is 0 Å². The number of carbonyl (C=O) groups is 2. The molecule has 0 bridgehead atoms. The summed E-state index contributed by atoms with van der Waals surface area (Å²) < 4.78 is 0. The number of hydrogen-bond donors (Lipinski definition) is 2. The van der Waals surface area contributed by atoms with Crippen LogP contribution in [0.1, 0.15) is 68.4 Å². The predicted octanol–water partition coefficient (Wildman–Crippen LogP) is 8.40. The summed E-state index contributed by atoms with van der Waals surface area (Å²) >= 11 is 0. The number of rotatable bonds is 4.